The van der Waals surface area contributed by atoms with Crippen molar-refractivity contribution in [1.82, 2.24) is 15.6 Å². The highest BCUT2D eigenvalue weighted by atomic mass is 35.5. The monoisotopic (exact) mass is 466 g/mol. The van der Waals surface area contributed by atoms with Crippen LogP contribution in [0.5, 0.6) is 0 Å². The molecule has 174 valence electrons. The highest BCUT2D eigenvalue weighted by Crippen LogP contribution is 2.49. The molecule has 1 aromatic carbocycles. The van der Waals surface area contributed by atoms with Crippen molar-refractivity contribution in [2.45, 2.75) is 82.0 Å². The van der Waals surface area contributed by atoms with Crippen molar-refractivity contribution >= 4 is 29.2 Å². The Hall–Kier alpha value is -2.60. The van der Waals surface area contributed by atoms with Crippen molar-refractivity contribution in [2.75, 3.05) is 4.90 Å². The number of carbonyl (C=O) groups excluding carboxylic acids is 2. The third-order valence-electron chi connectivity index (χ3n) is 7.34. The quantitative estimate of drug-likeness (QED) is 0.668. The van der Waals surface area contributed by atoms with Crippen LogP contribution in [0.1, 0.15) is 68.3 Å². The van der Waals surface area contributed by atoms with E-state index in [1.54, 1.807) is 6.20 Å². The first-order valence-electron chi connectivity index (χ1n) is 12.0. The number of nitrogens with one attached hydrogen (secondary N) is 2. The van der Waals surface area contributed by atoms with Gasteiger partial charge in [-0.25, -0.2) is 4.98 Å². The summed E-state index contributed by atoms with van der Waals surface area (Å²) >= 11 is 6.03. The van der Waals surface area contributed by atoms with Gasteiger partial charge in [-0.1, -0.05) is 23.7 Å². The van der Waals surface area contributed by atoms with E-state index in [9.17, 15) is 9.59 Å². The van der Waals surface area contributed by atoms with Gasteiger partial charge in [-0.05, 0) is 82.2 Å². The van der Waals surface area contributed by atoms with Crippen LogP contribution in [0.15, 0.2) is 42.6 Å². The van der Waals surface area contributed by atoms with E-state index in [2.05, 4.69) is 20.5 Å². The molecule has 2 amide bonds. The molecule has 0 spiro atoms. The third-order valence-corrected chi connectivity index (χ3v) is 7.60. The lowest BCUT2D eigenvalue weighted by Gasteiger charge is -2.40. The molecule has 3 atom stereocenters. The minimum atomic E-state index is -0.380. The number of halogens is 1. The van der Waals surface area contributed by atoms with Crippen LogP contribution in [0.25, 0.3) is 0 Å². The number of fused-ring (bicyclic) bond motifs is 2. The fourth-order valence-corrected chi connectivity index (χ4v) is 5.68. The molecule has 2 N–H and O–H groups in total. The van der Waals surface area contributed by atoms with E-state index in [0.717, 1.165) is 49.9 Å². The van der Waals surface area contributed by atoms with Crippen LogP contribution >= 0.6 is 11.6 Å². The molecule has 2 aliphatic heterocycles. The summed E-state index contributed by atoms with van der Waals surface area (Å²) in [5.74, 6) is 0.984. The summed E-state index contributed by atoms with van der Waals surface area (Å²) in [5.41, 5.74) is 1.27. The molecular formula is C26H31ClN4O2. The molecule has 1 saturated carbocycles. The fraction of sp³-hybridized carbons (Fsp3) is 0.500. The van der Waals surface area contributed by atoms with Crippen molar-refractivity contribution in [2.24, 2.45) is 0 Å². The van der Waals surface area contributed by atoms with E-state index < -0.39 is 0 Å². The minimum Gasteiger partial charge on any atom is -0.352 e. The van der Waals surface area contributed by atoms with E-state index in [-0.39, 0.29) is 29.3 Å². The number of amides is 2. The van der Waals surface area contributed by atoms with E-state index in [4.69, 9.17) is 11.6 Å². The van der Waals surface area contributed by atoms with Crippen LogP contribution in [0, 0.1) is 0 Å². The lowest BCUT2D eigenvalue weighted by molar-refractivity contribution is -0.124. The maximum atomic E-state index is 13.2. The summed E-state index contributed by atoms with van der Waals surface area (Å²) in [7, 11) is 0. The smallest absolute Gasteiger partial charge is 0.253 e. The van der Waals surface area contributed by atoms with Gasteiger partial charge in [0, 0.05) is 35.4 Å². The molecule has 0 unspecified atom stereocenters. The van der Waals surface area contributed by atoms with Gasteiger partial charge in [-0.2, -0.15) is 0 Å². The zero-order valence-corrected chi connectivity index (χ0v) is 19.9. The number of hydrogen-bond donors (Lipinski definition) is 2. The molecule has 33 heavy (non-hydrogen) atoms. The first kappa shape index (κ1) is 22.2. The number of benzene rings is 1. The summed E-state index contributed by atoms with van der Waals surface area (Å²) in [6, 6.07) is 12.5. The first-order valence-corrected chi connectivity index (χ1v) is 12.4. The number of pyridine rings is 1. The van der Waals surface area contributed by atoms with Crippen molar-refractivity contribution in [3.63, 3.8) is 0 Å². The van der Waals surface area contributed by atoms with Gasteiger partial charge < -0.3 is 15.5 Å². The van der Waals surface area contributed by atoms with Crippen LogP contribution in [-0.4, -0.2) is 41.0 Å². The number of aromatic nitrogens is 1. The second kappa shape index (κ2) is 8.64. The van der Waals surface area contributed by atoms with Crippen LogP contribution in [0.3, 0.4) is 0 Å². The summed E-state index contributed by atoms with van der Waals surface area (Å²) < 4.78 is 0. The number of nitrogens with zero attached hydrogens (tertiary/aromatic N) is 2. The van der Waals surface area contributed by atoms with Gasteiger partial charge in [0.15, 0.2) is 0 Å². The molecule has 5 rings (SSSR count). The van der Waals surface area contributed by atoms with Gasteiger partial charge in [0.05, 0.1) is 11.0 Å². The summed E-state index contributed by atoms with van der Waals surface area (Å²) in [4.78, 5) is 32.5. The number of carbonyl (C=O) groups is 2. The Balaban J connectivity index is 1.23. The molecule has 3 aliphatic rings. The minimum absolute atomic E-state index is 0.0942. The molecule has 2 saturated heterocycles. The number of piperidine rings is 1. The zero-order valence-electron chi connectivity index (χ0n) is 19.2. The Bertz CT molecular complexity index is 1020. The fourth-order valence-electron chi connectivity index (χ4n) is 5.55. The number of anilines is 1. The molecular weight excluding hydrogens is 436 g/mol. The van der Waals surface area contributed by atoms with Crippen molar-refractivity contribution in [3.8, 4) is 0 Å². The van der Waals surface area contributed by atoms with E-state index in [1.807, 2.05) is 50.2 Å². The molecule has 2 bridgehead atoms. The molecule has 3 heterocycles. The Morgan fingerprint density at radius 3 is 2.27 bits per heavy atom. The predicted molar refractivity (Wildman–Crippen MR) is 130 cm³/mol. The molecule has 6 nitrogen and oxygen atoms in total. The van der Waals surface area contributed by atoms with Crippen LogP contribution < -0.4 is 15.5 Å². The predicted octanol–water partition coefficient (Wildman–Crippen LogP) is 4.22. The number of rotatable bonds is 6. The third kappa shape index (κ3) is 4.33. The molecule has 7 heteroatoms. The normalized spacial score (nSPS) is 25.1. The van der Waals surface area contributed by atoms with Crippen molar-refractivity contribution in [3.05, 3.63) is 58.7 Å². The van der Waals surface area contributed by atoms with Gasteiger partial charge in [0.2, 0.25) is 5.91 Å². The Kier molecular flexibility index (Phi) is 5.81. The Morgan fingerprint density at radius 1 is 1.06 bits per heavy atom. The van der Waals surface area contributed by atoms with E-state index >= 15 is 0 Å². The van der Waals surface area contributed by atoms with Crippen LogP contribution in [-0.2, 0) is 10.2 Å². The lowest BCUT2D eigenvalue weighted by atomic mass is 9.92. The van der Waals surface area contributed by atoms with Gasteiger partial charge in [0.1, 0.15) is 5.82 Å². The molecule has 0 radical (unpaired) electrons. The van der Waals surface area contributed by atoms with E-state index in [0.29, 0.717) is 22.7 Å². The highest BCUT2D eigenvalue weighted by molar-refractivity contribution is 6.30. The molecule has 1 aliphatic carbocycles. The summed E-state index contributed by atoms with van der Waals surface area (Å²) in [6.45, 7) is 3.89. The van der Waals surface area contributed by atoms with Gasteiger partial charge in [-0.15, -0.1) is 0 Å². The molecule has 1 aromatic heterocycles. The maximum absolute atomic E-state index is 13.2. The Labute approximate surface area is 200 Å². The van der Waals surface area contributed by atoms with Gasteiger partial charge in [0.25, 0.3) is 5.91 Å². The average Bonchev–Trinajstić information content (AvgIpc) is 3.55. The van der Waals surface area contributed by atoms with Crippen LogP contribution in [0.4, 0.5) is 5.82 Å². The second-order valence-corrected chi connectivity index (χ2v) is 10.5. The molecule has 3 fully saturated rings. The van der Waals surface area contributed by atoms with Gasteiger partial charge in [-0.3, -0.25) is 9.59 Å². The van der Waals surface area contributed by atoms with Crippen LogP contribution in [0.2, 0.25) is 5.02 Å². The molecule has 2 aromatic rings. The lowest BCUT2D eigenvalue weighted by Crippen LogP contribution is -2.52. The number of hydrogen-bond acceptors (Lipinski definition) is 4. The maximum Gasteiger partial charge on any atom is 0.253 e. The Morgan fingerprint density at radius 2 is 1.73 bits per heavy atom. The SMILES string of the molecule is CC(C)NC(=O)c1ccc(N2[C@@H]3CC[C@H]2C[C@@H](NC(=O)C2(c4ccc(Cl)cc4)CC2)C3)nc1. The largest absolute Gasteiger partial charge is 0.352 e. The first-order chi connectivity index (χ1) is 15.9. The van der Waals surface area contributed by atoms with Gasteiger partial charge >= 0.3 is 0 Å². The average molecular weight is 467 g/mol. The van der Waals surface area contributed by atoms with Crippen molar-refractivity contribution in [1.29, 1.82) is 0 Å². The summed E-state index contributed by atoms with van der Waals surface area (Å²) in [6.07, 6.45) is 7.53. The second-order valence-electron chi connectivity index (χ2n) is 10.1. The summed E-state index contributed by atoms with van der Waals surface area (Å²) in [5, 5.41) is 6.98. The highest BCUT2D eigenvalue weighted by Gasteiger charge is 2.52. The standard InChI is InChI=1S/C26H31ClN4O2/c1-16(2)29-24(32)17-3-10-23(28-15-17)31-21-8-9-22(31)14-20(13-21)30-25(33)26(11-12-26)18-4-6-19(27)7-5-18/h3-7,10,15-16,20-22H,8-9,11-14H2,1-2H3,(H,29,32)(H,30,33)/t20-,21+,22-. The topological polar surface area (TPSA) is 74.3 Å². The zero-order chi connectivity index (χ0) is 23.2. The van der Waals surface area contributed by atoms with E-state index in [1.165, 1.54) is 0 Å². The van der Waals surface area contributed by atoms with Crippen molar-refractivity contribution < 1.29 is 9.59 Å².